The third-order valence-electron chi connectivity index (χ3n) is 4.92. The Morgan fingerprint density at radius 3 is 2.65 bits per heavy atom. The van der Waals surface area contributed by atoms with Crippen LogP contribution in [-0.2, 0) is 13.2 Å². The van der Waals surface area contributed by atoms with Crippen molar-refractivity contribution in [2.45, 2.75) is 32.5 Å². The Hall–Kier alpha value is -2.31. The highest BCUT2D eigenvalue weighted by molar-refractivity contribution is 5.84. The van der Waals surface area contributed by atoms with E-state index in [1.54, 1.807) is 6.07 Å². The molecule has 1 N–H and O–H groups in total. The molecule has 1 atom stereocenters. The minimum absolute atomic E-state index is 0.0727. The van der Waals surface area contributed by atoms with Crippen LogP contribution in [0.1, 0.15) is 35.2 Å². The zero-order chi connectivity index (χ0) is 18.5. The number of carboxylic acids is 1. The number of likely N-dealkylation sites (N-methyl/N-ethyl adjacent to an activating group) is 1. The van der Waals surface area contributed by atoms with E-state index in [-0.39, 0.29) is 12.4 Å². The molecule has 1 fully saturated rings. The van der Waals surface area contributed by atoms with Gasteiger partial charge in [0.15, 0.2) is 0 Å². The predicted molar refractivity (Wildman–Crippen MR) is 98.4 cm³/mol. The average Bonchev–Trinajstić information content (AvgIpc) is 3.12. The smallest absolute Gasteiger partial charge is 0.371 e. The lowest BCUT2D eigenvalue weighted by atomic mass is 10.1. The fourth-order valence-electron chi connectivity index (χ4n) is 3.27. The highest BCUT2D eigenvalue weighted by Crippen LogP contribution is 2.18. The number of benzene rings is 1. The van der Waals surface area contributed by atoms with Crippen molar-refractivity contribution < 1.29 is 19.1 Å². The van der Waals surface area contributed by atoms with E-state index in [0.717, 1.165) is 31.9 Å². The maximum Gasteiger partial charge on any atom is 0.371 e. The van der Waals surface area contributed by atoms with E-state index in [4.69, 9.17) is 14.3 Å². The second kappa shape index (κ2) is 8.38. The number of ether oxygens (including phenoxy) is 1. The predicted octanol–water partition coefficient (Wildman–Crippen LogP) is 3.08. The van der Waals surface area contributed by atoms with Crippen molar-refractivity contribution in [1.29, 1.82) is 0 Å². The Morgan fingerprint density at radius 1 is 1.23 bits per heavy atom. The first-order chi connectivity index (χ1) is 12.5. The van der Waals surface area contributed by atoms with Gasteiger partial charge >= 0.3 is 5.97 Å². The molecule has 1 saturated heterocycles. The van der Waals surface area contributed by atoms with Gasteiger partial charge in [0, 0.05) is 32.2 Å². The number of carboxylic acid groups (broad SMARTS) is 1. The van der Waals surface area contributed by atoms with Crippen LogP contribution in [0.4, 0.5) is 0 Å². The number of furan rings is 1. The molecule has 0 saturated carbocycles. The summed E-state index contributed by atoms with van der Waals surface area (Å²) in [7, 11) is 2.20. The first kappa shape index (κ1) is 18.5. The number of piperazine rings is 1. The third-order valence-corrected chi connectivity index (χ3v) is 4.92. The lowest BCUT2D eigenvalue weighted by Gasteiger charge is -2.39. The molecule has 1 aliphatic rings. The van der Waals surface area contributed by atoms with Crippen molar-refractivity contribution in [2.75, 3.05) is 26.7 Å². The van der Waals surface area contributed by atoms with Crippen LogP contribution < -0.4 is 4.74 Å². The number of aromatic carboxylic acids is 1. The highest BCUT2D eigenvalue weighted by atomic mass is 16.5. The molecule has 1 aromatic heterocycles. The third kappa shape index (κ3) is 4.65. The van der Waals surface area contributed by atoms with Crippen LogP contribution in [0.5, 0.6) is 5.75 Å². The Morgan fingerprint density at radius 2 is 2.00 bits per heavy atom. The van der Waals surface area contributed by atoms with E-state index in [9.17, 15) is 4.79 Å². The maximum absolute atomic E-state index is 10.8. The summed E-state index contributed by atoms with van der Waals surface area (Å²) in [5.74, 6) is 0.0905. The molecule has 6 nitrogen and oxygen atoms in total. The maximum atomic E-state index is 10.8. The number of nitrogens with zero attached hydrogens (tertiary/aromatic N) is 2. The van der Waals surface area contributed by atoms with E-state index in [2.05, 4.69) is 35.9 Å². The van der Waals surface area contributed by atoms with Crippen molar-refractivity contribution in [3.05, 3.63) is 53.5 Å². The molecule has 0 spiro atoms. The summed E-state index contributed by atoms with van der Waals surface area (Å²) < 4.78 is 10.9. The van der Waals surface area contributed by atoms with Gasteiger partial charge in [0.2, 0.25) is 5.76 Å². The molecule has 0 radical (unpaired) electrons. The van der Waals surface area contributed by atoms with Crippen LogP contribution in [0.3, 0.4) is 0 Å². The molecule has 140 valence electrons. The van der Waals surface area contributed by atoms with Crippen LogP contribution in [0.15, 0.2) is 40.8 Å². The molecular formula is C20H26N2O4. The fraction of sp³-hybridized carbons (Fsp3) is 0.450. The van der Waals surface area contributed by atoms with Gasteiger partial charge in [0.1, 0.15) is 18.1 Å². The molecule has 0 bridgehead atoms. The Kier molecular flexibility index (Phi) is 5.96. The van der Waals surface area contributed by atoms with Crippen molar-refractivity contribution in [2.24, 2.45) is 0 Å². The van der Waals surface area contributed by atoms with Crippen LogP contribution in [-0.4, -0.2) is 53.6 Å². The summed E-state index contributed by atoms with van der Waals surface area (Å²) in [5, 5.41) is 8.85. The summed E-state index contributed by atoms with van der Waals surface area (Å²) >= 11 is 0. The topological polar surface area (TPSA) is 66.1 Å². The first-order valence-corrected chi connectivity index (χ1v) is 9.01. The average molecular weight is 358 g/mol. The number of carbonyl (C=O) groups is 1. The van der Waals surface area contributed by atoms with Gasteiger partial charge in [0.05, 0.1) is 0 Å². The molecule has 0 unspecified atom stereocenters. The van der Waals surface area contributed by atoms with Crippen LogP contribution >= 0.6 is 0 Å². The van der Waals surface area contributed by atoms with Crippen molar-refractivity contribution >= 4 is 5.97 Å². The zero-order valence-corrected chi connectivity index (χ0v) is 15.4. The van der Waals surface area contributed by atoms with Gasteiger partial charge < -0.3 is 19.2 Å². The van der Waals surface area contributed by atoms with Gasteiger partial charge in [-0.15, -0.1) is 0 Å². The molecule has 3 rings (SSSR count). The lowest BCUT2D eigenvalue weighted by molar-refractivity contribution is 0.0658. The summed E-state index contributed by atoms with van der Waals surface area (Å²) in [6.45, 7) is 6.72. The molecule has 2 heterocycles. The first-order valence-electron chi connectivity index (χ1n) is 9.01. The van der Waals surface area contributed by atoms with Crippen molar-refractivity contribution in [1.82, 2.24) is 9.80 Å². The highest BCUT2D eigenvalue weighted by Gasteiger charge is 2.22. The number of hydrogen-bond donors (Lipinski definition) is 1. The van der Waals surface area contributed by atoms with Gasteiger partial charge in [-0.1, -0.05) is 19.1 Å². The Bertz CT molecular complexity index is 726. The number of hydrogen-bond acceptors (Lipinski definition) is 5. The SMILES string of the molecule is CC[C@H]1CN(Cc2ccc(OCc3ccc(C(=O)O)o3)cc2)CCN1C. The van der Waals surface area contributed by atoms with Crippen molar-refractivity contribution in [3.63, 3.8) is 0 Å². The summed E-state index contributed by atoms with van der Waals surface area (Å²) in [4.78, 5) is 15.7. The molecule has 6 heteroatoms. The molecule has 1 aliphatic heterocycles. The zero-order valence-electron chi connectivity index (χ0n) is 15.4. The van der Waals surface area contributed by atoms with Crippen LogP contribution in [0.2, 0.25) is 0 Å². The second-order valence-corrected chi connectivity index (χ2v) is 6.78. The Balaban J connectivity index is 1.51. The second-order valence-electron chi connectivity index (χ2n) is 6.78. The standard InChI is InChI=1S/C20H26N2O4/c1-3-16-13-22(11-10-21(16)2)12-15-4-6-17(7-5-15)25-14-18-8-9-19(26-18)20(23)24/h4-9,16H,3,10-14H2,1-2H3,(H,23,24)/t16-/m0/s1. The molecular weight excluding hydrogens is 332 g/mol. The van der Waals surface area contributed by atoms with Crippen molar-refractivity contribution in [3.8, 4) is 5.75 Å². The number of rotatable bonds is 7. The normalized spacial score (nSPS) is 18.8. The summed E-state index contributed by atoms with van der Waals surface area (Å²) in [5.41, 5.74) is 1.27. The minimum atomic E-state index is -1.07. The summed E-state index contributed by atoms with van der Waals surface area (Å²) in [6, 6.07) is 11.8. The van der Waals surface area contributed by atoms with Gasteiger partial charge in [-0.2, -0.15) is 0 Å². The molecule has 1 aromatic carbocycles. The minimum Gasteiger partial charge on any atom is -0.486 e. The van der Waals surface area contributed by atoms with Gasteiger partial charge in [0.25, 0.3) is 0 Å². The van der Waals surface area contributed by atoms with Gasteiger partial charge in [-0.3, -0.25) is 4.90 Å². The van der Waals surface area contributed by atoms with E-state index < -0.39 is 5.97 Å². The van der Waals surface area contributed by atoms with Crippen LogP contribution in [0.25, 0.3) is 0 Å². The van der Waals surface area contributed by atoms with Gasteiger partial charge in [-0.05, 0) is 43.3 Å². The monoisotopic (exact) mass is 358 g/mol. The summed E-state index contributed by atoms with van der Waals surface area (Å²) in [6.07, 6.45) is 1.18. The Labute approximate surface area is 154 Å². The van der Waals surface area contributed by atoms with E-state index in [1.807, 2.05) is 12.1 Å². The largest absolute Gasteiger partial charge is 0.486 e. The molecule has 0 aliphatic carbocycles. The lowest BCUT2D eigenvalue weighted by Crippen LogP contribution is -2.50. The van der Waals surface area contributed by atoms with E-state index in [1.165, 1.54) is 18.1 Å². The van der Waals surface area contributed by atoms with Crippen LogP contribution in [0, 0.1) is 0 Å². The van der Waals surface area contributed by atoms with Gasteiger partial charge in [-0.25, -0.2) is 4.79 Å². The van der Waals surface area contributed by atoms with E-state index in [0.29, 0.717) is 11.8 Å². The fourth-order valence-corrected chi connectivity index (χ4v) is 3.27. The molecule has 0 amide bonds. The molecule has 26 heavy (non-hydrogen) atoms. The van der Waals surface area contributed by atoms with E-state index >= 15 is 0 Å². The molecule has 2 aromatic rings. The quantitative estimate of drug-likeness (QED) is 0.820.